The van der Waals surface area contributed by atoms with E-state index in [-0.39, 0.29) is 5.69 Å². The zero-order valence-electron chi connectivity index (χ0n) is 16.0. The number of hydrogen-bond donors (Lipinski definition) is 1. The Kier molecular flexibility index (Phi) is 5.05. The largest absolute Gasteiger partial charge is 0.416 e. The SMILES string of the molecule is Cc1ccc(F)c(-n2ncc3c2CCC[C@H]3NC(=O)c2cc(C(F)(F)F)ccn2)c1. The van der Waals surface area contributed by atoms with Gasteiger partial charge >= 0.3 is 6.18 Å². The first kappa shape index (κ1) is 20.1. The van der Waals surface area contributed by atoms with Gasteiger partial charge in [0.05, 0.1) is 17.8 Å². The predicted molar refractivity (Wildman–Crippen MR) is 101 cm³/mol. The molecular weight excluding hydrogens is 400 g/mol. The highest BCUT2D eigenvalue weighted by molar-refractivity contribution is 5.92. The summed E-state index contributed by atoms with van der Waals surface area (Å²) in [5.41, 5.74) is 1.45. The maximum absolute atomic E-state index is 14.3. The van der Waals surface area contributed by atoms with Gasteiger partial charge in [-0.2, -0.15) is 18.3 Å². The van der Waals surface area contributed by atoms with Gasteiger partial charge in [-0.1, -0.05) is 6.07 Å². The smallest absolute Gasteiger partial charge is 0.344 e. The standard InChI is InChI=1S/C21H18F4N4O/c1-12-5-6-15(22)19(9-12)29-18-4-2-3-16(14(18)11-27-29)28-20(30)17-10-13(7-8-26-17)21(23,24)25/h5-11,16H,2-4H2,1H3,(H,28,30)/t16-/m1/s1. The molecule has 4 rings (SSSR count). The molecule has 1 aliphatic rings. The molecule has 1 aromatic carbocycles. The Morgan fingerprint density at radius 2 is 2.03 bits per heavy atom. The number of nitrogens with one attached hydrogen (secondary N) is 1. The summed E-state index contributed by atoms with van der Waals surface area (Å²) in [5, 5.41) is 7.05. The molecule has 0 radical (unpaired) electrons. The van der Waals surface area contributed by atoms with E-state index in [4.69, 9.17) is 0 Å². The van der Waals surface area contributed by atoms with Crippen LogP contribution in [0.25, 0.3) is 5.69 Å². The van der Waals surface area contributed by atoms with Crippen molar-refractivity contribution in [2.75, 3.05) is 0 Å². The number of alkyl halides is 3. The fourth-order valence-electron chi connectivity index (χ4n) is 3.66. The van der Waals surface area contributed by atoms with Gasteiger partial charge in [-0.3, -0.25) is 9.78 Å². The highest BCUT2D eigenvalue weighted by atomic mass is 19.4. The van der Waals surface area contributed by atoms with Gasteiger partial charge in [-0.05, 0) is 56.0 Å². The van der Waals surface area contributed by atoms with Crippen molar-refractivity contribution in [3.63, 3.8) is 0 Å². The second-order valence-corrected chi connectivity index (χ2v) is 7.26. The zero-order valence-corrected chi connectivity index (χ0v) is 16.0. The average Bonchev–Trinajstić information content (AvgIpc) is 3.14. The van der Waals surface area contributed by atoms with Gasteiger partial charge in [0.1, 0.15) is 17.2 Å². The van der Waals surface area contributed by atoms with Crippen LogP contribution in [0.1, 0.15) is 51.8 Å². The summed E-state index contributed by atoms with van der Waals surface area (Å²) in [6.07, 6.45) is -0.0674. The summed E-state index contributed by atoms with van der Waals surface area (Å²) in [6.45, 7) is 1.85. The lowest BCUT2D eigenvalue weighted by Crippen LogP contribution is -2.31. The summed E-state index contributed by atoms with van der Waals surface area (Å²) in [6, 6.07) is 5.83. The van der Waals surface area contributed by atoms with Crippen LogP contribution in [0.15, 0.2) is 42.7 Å². The van der Waals surface area contributed by atoms with Crippen LogP contribution < -0.4 is 5.32 Å². The number of carbonyl (C=O) groups is 1. The van der Waals surface area contributed by atoms with E-state index < -0.39 is 29.5 Å². The van der Waals surface area contributed by atoms with Crippen molar-refractivity contribution < 1.29 is 22.4 Å². The summed E-state index contributed by atoms with van der Waals surface area (Å²) >= 11 is 0. The van der Waals surface area contributed by atoms with Crippen LogP contribution >= 0.6 is 0 Å². The van der Waals surface area contributed by atoms with Gasteiger partial charge in [0.15, 0.2) is 0 Å². The Balaban J connectivity index is 1.61. The van der Waals surface area contributed by atoms with Crippen molar-refractivity contribution in [1.82, 2.24) is 20.1 Å². The van der Waals surface area contributed by atoms with Gasteiger partial charge in [0.2, 0.25) is 0 Å². The summed E-state index contributed by atoms with van der Waals surface area (Å²) in [7, 11) is 0. The Morgan fingerprint density at radius 1 is 1.23 bits per heavy atom. The fraction of sp³-hybridized carbons (Fsp3) is 0.286. The molecular formula is C21H18F4N4O. The molecule has 1 atom stereocenters. The Hall–Kier alpha value is -3.23. The van der Waals surface area contributed by atoms with E-state index in [0.29, 0.717) is 24.9 Å². The number of fused-ring (bicyclic) bond motifs is 1. The molecule has 0 fully saturated rings. The van der Waals surface area contributed by atoms with E-state index in [1.165, 1.54) is 10.7 Å². The lowest BCUT2D eigenvalue weighted by atomic mass is 9.92. The van der Waals surface area contributed by atoms with E-state index in [1.54, 1.807) is 18.3 Å². The van der Waals surface area contributed by atoms with E-state index >= 15 is 0 Å². The number of amides is 1. The van der Waals surface area contributed by atoms with Gasteiger partial charge in [-0.15, -0.1) is 0 Å². The molecule has 0 unspecified atom stereocenters. The van der Waals surface area contributed by atoms with Crippen LogP contribution in [0.2, 0.25) is 0 Å². The molecule has 0 aliphatic heterocycles. The first-order chi connectivity index (χ1) is 14.2. The Labute approximate surface area is 169 Å². The number of hydrogen-bond acceptors (Lipinski definition) is 3. The minimum absolute atomic E-state index is 0.311. The molecule has 0 saturated heterocycles. The zero-order chi connectivity index (χ0) is 21.5. The number of pyridine rings is 1. The lowest BCUT2D eigenvalue weighted by molar-refractivity contribution is -0.137. The third-order valence-electron chi connectivity index (χ3n) is 5.14. The van der Waals surface area contributed by atoms with Gasteiger partial charge in [0.25, 0.3) is 5.91 Å². The van der Waals surface area contributed by atoms with E-state index in [0.717, 1.165) is 35.2 Å². The maximum Gasteiger partial charge on any atom is 0.416 e. The molecule has 1 N–H and O–H groups in total. The first-order valence-corrected chi connectivity index (χ1v) is 9.41. The maximum atomic E-state index is 14.3. The fourth-order valence-corrected chi connectivity index (χ4v) is 3.66. The summed E-state index contributed by atoms with van der Waals surface area (Å²) < 4.78 is 54.6. The Bertz CT molecular complexity index is 1110. The molecule has 3 aromatic rings. The van der Waals surface area contributed by atoms with Gasteiger partial charge < -0.3 is 5.32 Å². The number of aryl methyl sites for hydroxylation is 1. The van der Waals surface area contributed by atoms with E-state index in [1.807, 2.05) is 6.92 Å². The Morgan fingerprint density at radius 3 is 2.80 bits per heavy atom. The van der Waals surface area contributed by atoms with Crippen molar-refractivity contribution in [1.29, 1.82) is 0 Å². The van der Waals surface area contributed by atoms with Crippen molar-refractivity contribution in [3.8, 4) is 5.69 Å². The highest BCUT2D eigenvalue weighted by Gasteiger charge is 2.32. The molecule has 5 nitrogen and oxygen atoms in total. The number of rotatable bonds is 3. The lowest BCUT2D eigenvalue weighted by Gasteiger charge is -2.24. The minimum atomic E-state index is -4.56. The number of aromatic nitrogens is 3. The molecule has 2 aromatic heterocycles. The van der Waals surface area contributed by atoms with Crippen molar-refractivity contribution in [2.45, 2.75) is 38.4 Å². The molecule has 0 bridgehead atoms. The highest BCUT2D eigenvalue weighted by Crippen LogP contribution is 2.32. The second-order valence-electron chi connectivity index (χ2n) is 7.26. The molecule has 9 heteroatoms. The van der Waals surface area contributed by atoms with Crippen LogP contribution in [0.4, 0.5) is 17.6 Å². The van der Waals surface area contributed by atoms with Crippen LogP contribution in [0.3, 0.4) is 0 Å². The quantitative estimate of drug-likeness (QED) is 0.636. The van der Waals surface area contributed by atoms with E-state index in [2.05, 4.69) is 15.4 Å². The second kappa shape index (κ2) is 7.55. The van der Waals surface area contributed by atoms with Crippen LogP contribution in [-0.4, -0.2) is 20.7 Å². The third kappa shape index (κ3) is 3.79. The predicted octanol–water partition coefficient (Wildman–Crippen LogP) is 4.54. The monoisotopic (exact) mass is 418 g/mol. The number of nitrogens with zero attached hydrogens (tertiary/aromatic N) is 3. The number of benzene rings is 1. The molecule has 156 valence electrons. The van der Waals surface area contributed by atoms with Crippen molar-refractivity contribution in [3.05, 3.63) is 76.6 Å². The van der Waals surface area contributed by atoms with Gasteiger partial charge in [0, 0.05) is 17.5 Å². The number of halogens is 4. The van der Waals surface area contributed by atoms with E-state index in [9.17, 15) is 22.4 Å². The molecule has 1 aliphatic carbocycles. The molecule has 30 heavy (non-hydrogen) atoms. The molecule has 0 spiro atoms. The van der Waals surface area contributed by atoms with Crippen LogP contribution in [0, 0.1) is 12.7 Å². The van der Waals surface area contributed by atoms with Crippen molar-refractivity contribution in [2.24, 2.45) is 0 Å². The van der Waals surface area contributed by atoms with Crippen molar-refractivity contribution >= 4 is 5.91 Å². The average molecular weight is 418 g/mol. The molecule has 1 amide bonds. The minimum Gasteiger partial charge on any atom is -0.344 e. The summed E-state index contributed by atoms with van der Waals surface area (Å²) in [4.78, 5) is 16.3. The normalized spacial score (nSPS) is 16.2. The summed E-state index contributed by atoms with van der Waals surface area (Å²) in [5.74, 6) is -1.11. The third-order valence-corrected chi connectivity index (χ3v) is 5.14. The number of carbonyl (C=O) groups excluding carboxylic acids is 1. The van der Waals surface area contributed by atoms with Crippen LogP contribution in [-0.2, 0) is 12.6 Å². The van der Waals surface area contributed by atoms with Gasteiger partial charge in [-0.25, -0.2) is 9.07 Å². The topological polar surface area (TPSA) is 59.8 Å². The molecule has 0 saturated carbocycles. The van der Waals surface area contributed by atoms with Crippen LogP contribution in [0.5, 0.6) is 0 Å². The first-order valence-electron chi connectivity index (χ1n) is 9.41. The molecule has 2 heterocycles.